The molecule has 0 spiro atoms. The number of carbonyl (C=O) groups is 2. The average Bonchev–Trinajstić information content (AvgIpc) is 3.57. The van der Waals surface area contributed by atoms with Crippen LogP contribution in [0, 0.1) is 6.92 Å². The molecule has 3 unspecified atom stereocenters. The molecule has 3 atom stereocenters. The number of rotatable bonds is 7. The number of methoxy groups -OCH3 is 3. The number of amides is 2. The van der Waals surface area contributed by atoms with Crippen molar-refractivity contribution >= 4 is 29.1 Å². The maximum atomic E-state index is 14.8. The molecule has 1 N–H and O–H groups in total. The number of carbonyl (C=O) groups excluding carboxylic acids is 2. The van der Waals surface area contributed by atoms with Crippen LogP contribution in [-0.4, -0.2) is 88.8 Å². The Morgan fingerprint density at radius 3 is 2.27 bits per heavy atom. The molecule has 48 heavy (non-hydrogen) atoms. The molecule has 0 radical (unpaired) electrons. The number of para-hydroxylation sites is 1. The van der Waals surface area contributed by atoms with Gasteiger partial charge in [-0.05, 0) is 49.7 Å². The van der Waals surface area contributed by atoms with E-state index in [2.05, 4.69) is 14.8 Å². The van der Waals surface area contributed by atoms with E-state index in [0.29, 0.717) is 38.9 Å². The molecule has 2 heterocycles. The topological polar surface area (TPSA) is 89.6 Å². The zero-order valence-electron chi connectivity index (χ0n) is 27.8. The van der Waals surface area contributed by atoms with Crippen LogP contribution in [0.4, 0.5) is 23.2 Å². The summed E-state index contributed by atoms with van der Waals surface area (Å²) in [5, 5.41) is 3.34. The van der Waals surface area contributed by atoms with E-state index in [1.54, 1.807) is 74.6 Å². The molecule has 2 aliphatic heterocycles. The Hall–Kier alpha value is -4.07. The summed E-state index contributed by atoms with van der Waals surface area (Å²) in [6.45, 7) is 4.24. The molecule has 2 aliphatic rings. The van der Waals surface area contributed by atoms with Gasteiger partial charge in [-0.2, -0.15) is 0 Å². The van der Waals surface area contributed by atoms with Crippen LogP contribution in [0.5, 0.6) is 17.2 Å². The van der Waals surface area contributed by atoms with Crippen molar-refractivity contribution in [1.82, 2.24) is 9.80 Å². The molecule has 3 aromatic carbocycles. The van der Waals surface area contributed by atoms with Gasteiger partial charge in [-0.3, -0.25) is 14.5 Å². The maximum Gasteiger partial charge on any atom is 0.573 e. The zero-order valence-corrected chi connectivity index (χ0v) is 28.5. The second-order valence-electron chi connectivity index (χ2n) is 11.0. The molecule has 2 amide bonds. The summed E-state index contributed by atoms with van der Waals surface area (Å²) in [6.07, 6.45) is -5.91. The molecule has 5 rings (SSSR count). The Labute approximate surface area is 282 Å². The number of likely N-dealkylation sites (N-methyl/N-ethyl adjacent to an activating group) is 1. The number of hydrogen-bond acceptors (Lipinski definition) is 7. The first-order chi connectivity index (χ1) is 22.6. The molecule has 9 nitrogen and oxygen atoms in total. The molecule has 0 aliphatic carbocycles. The highest BCUT2D eigenvalue weighted by Crippen LogP contribution is 2.51. The summed E-state index contributed by atoms with van der Waals surface area (Å²) < 4.78 is 69.1. The number of likely N-dealkylation sites (tertiary alicyclic amines) is 1. The number of alkyl halides is 4. The SMILES string of the molecule is CCOC.COc1ccc(C)c(OC(F)(F)F)c1.COc1ccccc1C1(N2CC(F)CC2C(=O)N(C)C)C(=O)Nc2ccc(Cl)cc21. The van der Waals surface area contributed by atoms with Gasteiger partial charge in [0.15, 0.2) is 5.54 Å². The summed E-state index contributed by atoms with van der Waals surface area (Å²) in [6, 6.07) is 15.7. The lowest BCUT2D eigenvalue weighted by molar-refractivity contribution is -0.274. The fraction of sp³-hybridized carbons (Fsp3) is 0.412. The van der Waals surface area contributed by atoms with Gasteiger partial charge in [0.05, 0.1) is 20.3 Å². The van der Waals surface area contributed by atoms with E-state index in [4.69, 9.17) is 21.1 Å². The first kappa shape index (κ1) is 38.4. The fourth-order valence-corrected chi connectivity index (χ4v) is 5.71. The van der Waals surface area contributed by atoms with E-state index in [1.165, 1.54) is 38.2 Å². The highest BCUT2D eigenvalue weighted by Gasteiger charge is 2.59. The fourth-order valence-electron chi connectivity index (χ4n) is 5.54. The van der Waals surface area contributed by atoms with E-state index in [-0.39, 0.29) is 30.5 Å². The first-order valence-corrected chi connectivity index (χ1v) is 15.3. The van der Waals surface area contributed by atoms with Crippen LogP contribution in [0.15, 0.2) is 60.7 Å². The largest absolute Gasteiger partial charge is 0.573 e. The Balaban J connectivity index is 0.000000289. The van der Waals surface area contributed by atoms with E-state index < -0.39 is 24.1 Å². The lowest BCUT2D eigenvalue weighted by Crippen LogP contribution is -2.57. The summed E-state index contributed by atoms with van der Waals surface area (Å²) in [7, 11) is 7.83. The summed E-state index contributed by atoms with van der Waals surface area (Å²) in [4.78, 5) is 29.8. The lowest BCUT2D eigenvalue weighted by atomic mass is 9.80. The highest BCUT2D eigenvalue weighted by molar-refractivity contribution is 6.31. The second-order valence-corrected chi connectivity index (χ2v) is 11.5. The molecule has 1 saturated heterocycles. The Kier molecular flexibility index (Phi) is 13.1. The summed E-state index contributed by atoms with van der Waals surface area (Å²) in [5.41, 5.74) is 0.646. The maximum absolute atomic E-state index is 14.8. The van der Waals surface area contributed by atoms with Crippen molar-refractivity contribution in [2.75, 3.05) is 53.9 Å². The molecule has 14 heteroatoms. The molecule has 0 aromatic heterocycles. The third-order valence-corrected chi connectivity index (χ3v) is 8.00. The van der Waals surface area contributed by atoms with E-state index in [0.717, 1.165) is 6.61 Å². The normalized spacial score (nSPS) is 20.0. The van der Waals surface area contributed by atoms with Crippen LogP contribution in [0.2, 0.25) is 5.02 Å². The van der Waals surface area contributed by atoms with Gasteiger partial charge in [-0.25, -0.2) is 4.39 Å². The van der Waals surface area contributed by atoms with Gasteiger partial charge in [0.25, 0.3) is 5.91 Å². The van der Waals surface area contributed by atoms with Gasteiger partial charge in [-0.15, -0.1) is 13.2 Å². The van der Waals surface area contributed by atoms with Crippen LogP contribution in [-0.2, 0) is 19.9 Å². The molecule has 0 saturated carbocycles. The number of fused-ring (bicyclic) bond motifs is 1. The Bertz CT molecular complexity index is 1570. The predicted octanol–water partition coefficient (Wildman–Crippen LogP) is 6.60. The quantitative estimate of drug-likeness (QED) is 0.279. The summed E-state index contributed by atoms with van der Waals surface area (Å²) in [5.74, 6) is -0.0619. The zero-order chi connectivity index (χ0) is 35.8. The standard InChI is InChI=1S/C22H23ClFN3O3.C9H9F3O2.C3H8O/c1-26(2)20(28)18-11-14(24)12-27(18)22(15-6-4-5-7-19(15)30-3)16-10-13(23)8-9-17(16)25-21(22)29;1-6-3-4-7(13-2)5-8(6)14-9(10,11)12;1-3-4-2/h4-10,14,18H,11-12H2,1-3H3,(H,25,29);3-5H,1-2H3;3H2,1-2H3. The van der Waals surface area contributed by atoms with Crippen molar-refractivity contribution in [2.24, 2.45) is 0 Å². The van der Waals surface area contributed by atoms with Crippen LogP contribution < -0.4 is 19.5 Å². The third-order valence-electron chi connectivity index (χ3n) is 7.76. The smallest absolute Gasteiger partial charge is 0.497 e. The van der Waals surface area contributed by atoms with Crippen molar-refractivity contribution in [3.8, 4) is 17.2 Å². The molecule has 1 fully saturated rings. The van der Waals surface area contributed by atoms with Crippen LogP contribution in [0.3, 0.4) is 0 Å². The number of anilines is 1. The van der Waals surface area contributed by atoms with E-state index >= 15 is 0 Å². The Morgan fingerprint density at radius 2 is 1.69 bits per heavy atom. The molecule has 262 valence electrons. The minimum atomic E-state index is -4.67. The molecule has 0 bridgehead atoms. The van der Waals surface area contributed by atoms with Crippen molar-refractivity contribution in [1.29, 1.82) is 0 Å². The average molecular weight is 698 g/mol. The number of ether oxygens (including phenoxy) is 4. The van der Waals surface area contributed by atoms with Gasteiger partial charge in [-0.1, -0.05) is 35.9 Å². The van der Waals surface area contributed by atoms with Gasteiger partial charge in [0, 0.05) is 68.7 Å². The lowest BCUT2D eigenvalue weighted by Gasteiger charge is -2.41. The van der Waals surface area contributed by atoms with E-state index in [9.17, 15) is 27.2 Å². The number of halogens is 5. The summed E-state index contributed by atoms with van der Waals surface area (Å²) >= 11 is 6.31. The van der Waals surface area contributed by atoms with Gasteiger partial charge in [0.2, 0.25) is 5.91 Å². The number of aryl methyl sites for hydroxylation is 1. The van der Waals surface area contributed by atoms with Crippen molar-refractivity contribution in [2.45, 2.75) is 44.4 Å². The molecular weight excluding hydrogens is 658 g/mol. The number of hydrogen-bond donors (Lipinski definition) is 1. The van der Waals surface area contributed by atoms with Crippen molar-refractivity contribution < 1.29 is 46.1 Å². The van der Waals surface area contributed by atoms with Gasteiger partial charge >= 0.3 is 6.36 Å². The second kappa shape index (κ2) is 16.4. The number of benzene rings is 3. The van der Waals surface area contributed by atoms with E-state index in [1.807, 2.05) is 6.92 Å². The molecular formula is C34H40ClF4N3O6. The van der Waals surface area contributed by atoms with Crippen molar-refractivity contribution in [3.63, 3.8) is 0 Å². The highest BCUT2D eigenvalue weighted by atomic mass is 35.5. The number of nitrogens with zero attached hydrogens (tertiary/aromatic N) is 2. The van der Waals surface area contributed by atoms with Crippen molar-refractivity contribution in [3.05, 3.63) is 82.4 Å². The van der Waals surface area contributed by atoms with Crippen LogP contribution in [0.1, 0.15) is 30.0 Å². The van der Waals surface area contributed by atoms with Crippen LogP contribution in [0.25, 0.3) is 0 Å². The Morgan fingerprint density at radius 1 is 1.02 bits per heavy atom. The minimum Gasteiger partial charge on any atom is -0.497 e. The number of nitrogens with one attached hydrogen (secondary N) is 1. The molecule has 3 aromatic rings. The first-order valence-electron chi connectivity index (χ1n) is 14.9. The van der Waals surface area contributed by atoms with Gasteiger partial charge < -0.3 is 29.2 Å². The monoisotopic (exact) mass is 697 g/mol. The minimum absolute atomic E-state index is 0.0110. The van der Waals surface area contributed by atoms with Crippen LogP contribution >= 0.6 is 11.6 Å². The third kappa shape index (κ3) is 8.50. The van der Waals surface area contributed by atoms with Gasteiger partial charge in [0.1, 0.15) is 23.4 Å². The predicted molar refractivity (Wildman–Crippen MR) is 175 cm³/mol.